The summed E-state index contributed by atoms with van der Waals surface area (Å²) in [7, 11) is 0. The standard InChI is InChI=1S/C11H14N4/c1-8(2)10-5-7-15(14-10)11-9(12)4-3-6-13-11/h3-8H,12H2,1-2H3. The fourth-order valence-corrected chi connectivity index (χ4v) is 1.36. The maximum absolute atomic E-state index is 5.81. The van der Waals surface area contributed by atoms with E-state index in [4.69, 9.17) is 5.73 Å². The van der Waals surface area contributed by atoms with Crippen molar-refractivity contribution in [3.8, 4) is 5.82 Å². The molecule has 0 bridgehead atoms. The molecule has 0 aliphatic carbocycles. The van der Waals surface area contributed by atoms with Crippen LogP contribution in [0.5, 0.6) is 0 Å². The van der Waals surface area contributed by atoms with Crippen molar-refractivity contribution in [3.05, 3.63) is 36.3 Å². The Morgan fingerprint density at radius 3 is 2.73 bits per heavy atom. The quantitative estimate of drug-likeness (QED) is 0.810. The predicted molar refractivity (Wildman–Crippen MR) is 59.9 cm³/mol. The molecule has 78 valence electrons. The summed E-state index contributed by atoms with van der Waals surface area (Å²) in [4.78, 5) is 4.20. The van der Waals surface area contributed by atoms with Gasteiger partial charge < -0.3 is 5.73 Å². The van der Waals surface area contributed by atoms with Crippen molar-refractivity contribution in [1.82, 2.24) is 14.8 Å². The summed E-state index contributed by atoms with van der Waals surface area (Å²) < 4.78 is 1.71. The van der Waals surface area contributed by atoms with Crippen LogP contribution in [-0.4, -0.2) is 14.8 Å². The molecule has 0 aromatic carbocycles. The number of hydrogen-bond acceptors (Lipinski definition) is 3. The summed E-state index contributed by atoms with van der Waals surface area (Å²) in [5.41, 5.74) is 7.49. The molecule has 0 aliphatic heterocycles. The number of nitrogens with two attached hydrogens (primary N) is 1. The second-order valence-corrected chi connectivity index (χ2v) is 3.76. The lowest BCUT2D eigenvalue weighted by atomic mass is 10.1. The Labute approximate surface area is 88.8 Å². The summed E-state index contributed by atoms with van der Waals surface area (Å²) >= 11 is 0. The van der Waals surface area contributed by atoms with E-state index in [0.717, 1.165) is 5.69 Å². The van der Waals surface area contributed by atoms with Gasteiger partial charge in [0, 0.05) is 12.4 Å². The third kappa shape index (κ3) is 1.83. The second-order valence-electron chi connectivity index (χ2n) is 3.76. The maximum Gasteiger partial charge on any atom is 0.176 e. The van der Waals surface area contributed by atoms with Crippen molar-refractivity contribution >= 4 is 5.69 Å². The van der Waals surface area contributed by atoms with Crippen LogP contribution >= 0.6 is 0 Å². The minimum atomic E-state index is 0.413. The molecule has 15 heavy (non-hydrogen) atoms. The topological polar surface area (TPSA) is 56.7 Å². The molecule has 0 spiro atoms. The fourth-order valence-electron chi connectivity index (χ4n) is 1.36. The van der Waals surface area contributed by atoms with Crippen LogP contribution in [0, 0.1) is 0 Å². The molecule has 2 aromatic heterocycles. The summed E-state index contributed by atoms with van der Waals surface area (Å²) in [6.45, 7) is 4.21. The number of pyridine rings is 1. The molecule has 0 saturated carbocycles. The molecule has 4 heteroatoms. The summed E-state index contributed by atoms with van der Waals surface area (Å²) in [5.74, 6) is 1.10. The highest BCUT2D eigenvalue weighted by Gasteiger charge is 2.07. The van der Waals surface area contributed by atoms with E-state index < -0.39 is 0 Å². The summed E-state index contributed by atoms with van der Waals surface area (Å²) in [5, 5.41) is 4.42. The van der Waals surface area contributed by atoms with Gasteiger partial charge in [-0.15, -0.1) is 0 Å². The Bertz CT molecular complexity index is 459. The zero-order chi connectivity index (χ0) is 10.8. The molecule has 4 nitrogen and oxygen atoms in total. The molecule has 2 N–H and O–H groups in total. The molecule has 0 radical (unpaired) electrons. The third-order valence-electron chi connectivity index (χ3n) is 2.24. The van der Waals surface area contributed by atoms with Gasteiger partial charge in [0.1, 0.15) is 0 Å². The van der Waals surface area contributed by atoms with Gasteiger partial charge in [-0.2, -0.15) is 5.10 Å². The van der Waals surface area contributed by atoms with Crippen LogP contribution in [0.15, 0.2) is 30.6 Å². The van der Waals surface area contributed by atoms with Crippen LogP contribution in [0.25, 0.3) is 5.82 Å². The average molecular weight is 202 g/mol. The number of aromatic nitrogens is 3. The van der Waals surface area contributed by atoms with Crippen LogP contribution in [-0.2, 0) is 0 Å². The van der Waals surface area contributed by atoms with Gasteiger partial charge in [0.15, 0.2) is 5.82 Å². The van der Waals surface area contributed by atoms with E-state index in [9.17, 15) is 0 Å². The normalized spacial score (nSPS) is 10.9. The Morgan fingerprint density at radius 1 is 1.33 bits per heavy atom. The smallest absolute Gasteiger partial charge is 0.176 e. The van der Waals surface area contributed by atoms with Gasteiger partial charge in [-0.3, -0.25) is 0 Å². The largest absolute Gasteiger partial charge is 0.396 e. The molecule has 2 heterocycles. The highest BCUT2D eigenvalue weighted by atomic mass is 15.3. The van der Waals surface area contributed by atoms with Gasteiger partial charge in [0.05, 0.1) is 11.4 Å². The van der Waals surface area contributed by atoms with Crippen LogP contribution in [0.1, 0.15) is 25.5 Å². The van der Waals surface area contributed by atoms with E-state index in [1.54, 1.807) is 10.9 Å². The molecule has 0 atom stereocenters. The monoisotopic (exact) mass is 202 g/mol. The van der Waals surface area contributed by atoms with Gasteiger partial charge in [0.2, 0.25) is 0 Å². The van der Waals surface area contributed by atoms with E-state index in [1.165, 1.54) is 0 Å². The number of nitrogen functional groups attached to an aromatic ring is 1. The van der Waals surface area contributed by atoms with Gasteiger partial charge in [0.25, 0.3) is 0 Å². The van der Waals surface area contributed by atoms with Crippen molar-refractivity contribution in [2.45, 2.75) is 19.8 Å². The molecular weight excluding hydrogens is 188 g/mol. The van der Waals surface area contributed by atoms with Gasteiger partial charge in [-0.05, 0) is 24.1 Å². The Morgan fingerprint density at radius 2 is 2.13 bits per heavy atom. The first kappa shape index (κ1) is 9.71. The number of anilines is 1. The molecule has 0 aliphatic rings. The summed E-state index contributed by atoms with van der Waals surface area (Å²) in [6, 6.07) is 5.61. The van der Waals surface area contributed by atoms with Gasteiger partial charge in [-0.25, -0.2) is 9.67 Å². The van der Waals surface area contributed by atoms with Crippen LogP contribution < -0.4 is 5.73 Å². The SMILES string of the molecule is CC(C)c1ccn(-c2ncccc2N)n1. The minimum Gasteiger partial charge on any atom is -0.396 e. The maximum atomic E-state index is 5.81. The van der Waals surface area contributed by atoms with Crippen molar-refractivity contribution in [3.63, 3.8) is 0 Å². The molecule has 2 aromatic rings. The van der Waals surface area contributed by atoms with Crippen LogP contribution in [0.4, 0.5) is 5.69 Å². The second kappa shape index (κ2) is 3.73. The van der Waals surface area contributed by atoms with Crippen LogP contribution in [0.2, 0.25) is 0 Å². The fraction of sp³-hybridized carbons (Fsp3) is 0.273. The lowest BCUT2D eigenvalue weighted by Crippen LogP contribution is -2.03. The van der Waals surface area contributed by atoms with Gasteiger partial charge in [-0.1, -0.05) is 13.8 Å². The average Bonchev–Trinajstić information content (AvgIpc) is 2.67. The van der Waals surface area contributed by atoms with E-state index in [1.807, 2.05) is 24.4 Å². The Kier molecular flexibility index (Phi) is 2.41. The summed E-state index contributed by atoms with van der Waals surface area (Å²) in [6.07, 6.45) is 3.59. The minimum absolute atomic E-state index is 0.413. The Hall–Kier alpha value is -1.84. The first-order valence-electron chi connectivity index (χ1n) is 4.95. The number of hydrogen-bond donors (Lipinski definition) is 1. The molecule has 0 fully saturated rings. The lowest BCUT2D eigenvalue weighted by Gasteiger charge is -2.03. The highest BCUT2D eigenvalue weighted by molar-refractivity contribution is 5.51. The van der Waals surface area contributed by atoms with Crippen molar-refractivity contribution in [2.24, 2.45) is 0 Å². The number of nitrogens with zero attached hydrogens (tertiary/aromatic N) is 3. The highest BCUT2D eigenvalue weighted by Crippen LogP contribution is 2.16. The van der Waals surface area contributed by atoms with E-state index in [2.05, 4.69) is 23.9 Å². The van der Waals surface area contributed by atoms with E-state index in [0.29, 0.717) is 17.4 Å². The Balaban J connectivity index is 2.42. The zero-order valence-electron chi connectivity index (χ0n) is 8.88. The molecule has 0 saturated heterocycles. The molecule has 0 unspecified atom stereocenters. The van der Waals surface area contributed by atoms with E-state index in [-0.39, 0.29) is 0 Å². The predicted octanol–water partition coefficient (Wildman–Crippen LogP) is 1.97. The lowest BCUT2D eigenvalue weighted by molar-refractivity contribution is 0.759. The molecular formula is C11H14N4. The van der Waals surface area contributed by atoms with Crippen molar-refractivity contribution < 1.29 is 0 Å². The molecule has 2 rings (SSSR count). The first-order chi connectivity index (χ1) is 7.18. The number of rotatable bonds is 2. The zero-order valence-corrected chi connectivity index (χ0v) is 8.88. The first-order valence-corrected chi connectivity index (χ1v) is 4.95. The van der Waals surface area contributed by atoms with Crippen molar-refractivity contribution in [2.75, 3.05) is 5.73 Å². The van der Waals surface area contributed by atoms with Crippen molar-refractivity contribution in [1.29, 1.82) is 0 Å². The third-order valence-corrected chi connectivity index (χ3v) is 2.24. The van der Waals surface area contributed by atoms with Crippen LogP contribution in [0.3, 0.4) is 0 Å². The van der Waals surface area contributed by atoms with E-state index >= 15 is 0 Å². The molecule has 0 amide bonds. The van der Waals surface area contributed by atoms with Gasteiger partial charge >= 0.3 is 0 Å².